The summed E-state index contributed by atoms with van der Waals surface area (Å²) in [5.41, 5.74) is 4.64. The standard InChI is InChI=1S/C28H31N3O2S2/c1-4-5-6-7-11-16-30-27(32)25(35-28(30)34)18-22-19-31(23-12-9-8-10-13-23)29-26(22)21-14-15-24(33-3)20(2)17-21/h8-10,12-15,17-19H,4-7,11,16H2,1-3H3. The molecule has 35 heavy (non-hydrogen) atoms. The van der Waals surface area contributed by atoms with Crippen molar-refractivity contribution in [2.75, 3.05) is 13.7 Å². The molecule has 3 aromatic rings. The number of rotatable bonds is 10. The van der Waals surface area contributed by atoms with Crippen LogP contribution in [-0.2, 0) is 4.79 Å². The van der Waals surface area contributed by atoms with E-state index in [1.54, 1.807) is 12.0 Å². The molecule has 0 saturated carbocycles. The van der Waals surface area contributed by atoms with Crippen LogP contribution in [0.25, 0.3) is 23.0 Å². The number of ether oxygens (including phenoxy) is 1. The second kappa shape index (κ2) is 11.7. The Kier molecular flexibility index (Phi) is 8.42. The first kappa shape index (κ1) is 25.2. The van der Waals surface area contributed by atoms with Crippen LogP contribution in [-0.4, -0.2) is 38.6 Å². The zero-order chi connectivity index (χ0) is 24.8. The van der Waals surface area contributed by atoms with Gasteiger partial charge in [0.05, 0.1) is 17.7 Å². The lowest BCUT2D eigenvalue weighted by Gasteiger charge is -2.13. The van der Waals surface area contributed by atoms with Gasteiger partial charge in [-0.3, -0.25) is 9.69 Å². The van der Waals surface area contributed by atoms with Crippen LogP contribution in [0.1, 0.15) is 50.2 Å². The van der Waals surface area contributed by atoms with Crippen LogP contribution in [0.4, 0.5) is 0 Å². The quantitative estimate of drug-likeness (QED) is 0.168. The summed E-state index contributed by atoms with van der Waals surface area (Å²) < 4.78 is 7.92. The lowest BCUT2D eigenvalue weighted by Crippen LogP contribution is -2.29. The van der Waals surface area contributed by atoms with Crippen LogP contribution in [0, 0.1) is 6.92 Å². The first-order chi connectivity index (χ1) is 17.0. The molecule has 0 radical (unpaired) electrons. The third-order valence-electron chi connectivity index (χ3n) is 6.08. The van der Waals surface area contributed by atoms with Crippen molar-refractivity contribution in [2.24, 2.45) is 0 Å². The molecule has 2 aromatic carbocycles. The number of hydrogen-bond donors (Lipinski definition) is 0. The molecular formula is C28H31N3O2S2. The minimum absolute atomic E-state index is 0.0141. The number of amides is 1. The van der Waals surface area contributed by atoms with Gasteiger partial charge in [-0.15, -0.1) is 0 Å². The van der Waals surface area contributed by atoms with Gasteiger partial charge < -0.3 is 4.74 Å². The van der Waals surface area contributed by atoms with E-state index >= 15 is 0 Å². The number of unbranched alkanes of at least 4 members (excludes halogenated alkanes) is 4. The number of carbonyl (C=O) groups is 1. The number of nitrogens with zero attached hydrogens (tertiary/aromatic N) is 3. The monoisotopic (exact) mass is 505 g/mol. The maximum atomic E-state index is 13.2. The van der Waals surface area contributed by atoms with E-state index in [2.05, 4.69) is 13.0 Å². The Balaban J connectivity index is 1.65. The van der Waals surface area contributed by atoms with Gasteiger partial charge in [-0.05, 0) is 55.3 Å². The Labute approximate surface area is 217 Å². The van der Waals surface area contributed by atoms with Gasteiger partial charge in [0.1, 0.15) is 15.8 Å². The third kappa shape index (κ3) is 5.85. The summed E-state index contributed by atoms with van der Waals surface area (Å²) >= 11 is 6.93. The third-order valence-corrected chi connectivity index (χ3v) is 7.45. The van der Waals surface area contributed by atoms with Gasteiger partial charge in [-0.1, -0.05) is 74.8 Å². The molecule has 1 saturated heterocycles. The number of para-hydroxylation sites is 1. The van der Waals surface area contributed by atoms with E-state index in [1.807, 2.05) is 66.3 Å². The van der Waals surface area contributed by atoms with Crippen LogP contribution in [0.15, 0.2) is 59.6 Å². The van der Waals surface area contributed by atoms with Crippen molar-refractivity contribution in [2.45, 2.75) is 46.0 Å². The highest BCUT2D eigenvalue weighted by molar-refractivity contribution is 8.26. The van der Waals surface area contributed by atoms with Crippen molar-refractivity contribution in [1.82, 2.24) is 14.7 Å². The van der Waals surface area contributed by atoms with Gasteiger partial charge in [0.15, 0.2) is 0 Å². The Morgan fingerprint density at radius 1 is 1.09 bits per heavy atom. The van der Waals surface area contributed by atoms with E-state index in [1.165, 1.54) is 31.0 Å². The highest BCUT2D eigenvalue weighted by atomic mass is 32.2. The molecule has 7 heteroatoms. The molecule has 1 aliphatic rings. The molecule has 182 valence electrons. The molecule has 0 N–H and O–H groups in total. The molecule has 0 bridgehead atoms. The second-order valence-electron chi connectivity index (χ2n) is 8.65. The first-order valence-electron chi connectivity index (χ1n) is 12.1. The van der Waals surface area contributed by atoms with Gasteiger partial charge >= 0.3 is 0 Å². The number of benzene rings is 2. The van der Waals surface area contributed by atoms with E-state index in [0.29, 0.717) is 15.8 Å². The number of carbonyl (C=O) groups excluding carboxylic acids is 1. The predicted molar refractivity (Wildman–Crippen MR) is 149 cm³/mol. The van der Waals surface area contributed by atoms with Crippen molar-refractivity contribution in [3.63, 3.8) is 0 Å². The zero-order valence-corrected chi connectivity index (χ0v) is 22.1. The molecule has 1 aliphatic heterocycles. The van der Waals surface area contributed by atoms with Crippen molar-refractivity contribution in [3.05, 3.63) is 70.8 Å². The highest BCUT2D eigenvalue weighted by Gasteiger charge is 2.32. The maximum Gasteiger partial charge on any atom is 0.266 e. The summed E-state index contributed by atoms with van der Waals surface area (Å²) in [6.07, 6.45) is 9.63. The van der Waals surface area contributed by atoms with E-state index in [9.17, 15) is 4.79 Å². The van der Waals surface area contributed by atoms with Crippen LogP contribution in [0.5, 0.6) is 5.75 Å². The Bertz CT molecular complexity index is 1230. The summed E-state index contributed by atoms with van der Waals surface area (Å²) in [4.78, 5) is 15.6. The smallest absolute Gasteiger partial charge is 0.266 e. The molecule has 0 spiro atoms. The molecule has 0 unspecified atom stereocenters. The molecule has 4 rings (SSSR count). The van der Waals surface area contributed by atoms with Gasteiger partial charge in [-0.2, -0.15) is 5.10 Å². The predicted octanol–water partition coefficient (Wildman–Crippen LogP) is 7.03. The fraction of sp³-hybridized carbons (Fsp3) is 0.321. The van der Waals surface area contributed by atoms with Crippen LogP contribution in [0.3, 0.4) is 0 Å². The van der Waals surface area contributed by atoms with Gasteiger partial charge in [-0.25, -0.2) is 4.68 Å². The normalized spacial score (nSPS) is 14.8. The van der Waals surface area contributed by atoms with E-state index in [0.717, 1.165) is 46.7 Å². The lowest BCUT2D eigenvalue weighted by molar-refractivity contribution is -0.122. The lowest BCUT2D eigenvalue weighted by atomic mass is 10.0. The Morgan fingerprint density at radius 3 is 2.57 bits per heavy atom. The zero-order valence-electron chi connectivity index (χ0n) is 20.5. The fourth-order valence-corrected chi connectivity index (χ4v) is 5.46. The van der Waals surface area contributed by atoms with Crippen LogP contribution < -0.4 is 4.74 Å². The Morgan fingerprint density at radius 2 is 1.86 bits per heavy atom. The molecule has 1 amide bonds. The molecule has 1 aromatic heterocycles. The minimum Gasteiger partial charge on any atom is -0.496 e. The number of hydrogen-bond acceptors (Lipinski definition) is 5. The largest absolute Gasteiger partial charge is 0.496 e. The fourth-order valence-electron chi connectivity index (χ4n) is 4.16. The van der Waals surface area contributed by atoms with Crippen LogP contribution in [0.2, 0.25) is 0 Å². The first-order valence-corrected chi connectivity index (χ1v) is 13.3. The SMILES string of the molecule is CCCCCCCN1C(=O)C(=Cc2cn(-c3ccccc3)nc2-c2ccc(OC)c(C)c2)SC1=S. The summed E-state index contributed by atoms with van der Waals surface area (Å²) in [5, 5.41) is 4.89. The molecule has 0 aliphatic carbocycles. The van der Waals surface area contributed by atoms with Crippen molar-refractivity contribution in [1.29, 1.82) is 0 Å². The van der Waals surface area contributed by atoms with E-state index in [-0.39, 0.29) is 5.91 Å². The van der Waals surface area contributed by atoms with E-state index in [4.69, 9.17) is 22.1 Å². The van der Waals surface area contributed by atoms with Crippen LogP contribution >= 0.6 is 24.0 Å². The van der Waals surface area contributed by atoms with E-state index < -0.39 is 0 Å². The number of thiocarbonyl (C=S) groups is 1. The molecule has 0 atom stereocenters. The van der Waals surface area contributed by atoms with Gasteiger partial charge in [0.25, 0.3) is 5.91 Å². The number of thioether (sulfide) groups is 1. The maximum absolute atomic E-state index is 13.2. The van der Waals surface area contributed by atoms with Crippen molar-refractivity contribution in [3.8, 4) is 22.7 Å². The molecule has 5 nitrogen and oxygen atoms in total. The average Bonchev–Trinajstić information content (AvgIpc) is 3.40. The minimum atomic E-state index is -0.0141. The summed E-state index contributed by atoms with van der Waals surface area (Å²) in [7, 11) is 1.67. The van der Waals surface area contributed by atoms with Crippen molar-refractivity contribution >= 4 is 40.3 Å². The van der Waals surface area contributed by atoms with Gasteiger partial charge in [0, 0.05) is 23.9 Å². The number of aromatic nitrogens is 2. The molecular weight excluding hydrogens is 474 g/mol. The summed E-state index contributed by atoms with van der Waals surface area (Å²) in [6, 6.07) is 16.0. The second-order valence-corrected chi connectivity index (χ2v) is 10.3. The molecule has 2 heterocycles. The number of methoxy groups -OCH3 is 1. The van der Waals surface area contributed by atoms with Crippen molar-refractivity contribution < 1.29 is 9.53 Å². The Hall–Kier alpha value is -2.90. The van der Waals surface area contributed by atoms with Gasteiger partial charge in [0.2, 0.25) is 0 Å². The highest BCUT2D eigenvalue weighted by Crippen LogP contribution is 2.36. The number of aryl methyl sites for hydroxylation is 1. The summed E-state index contributed by atoms with van der Waals surface area (Å²) in [5.74, 6) is 0.817. The molecule has 1 fully saturated rings. The average molecular weight is 506 g/mol. The summed E-state index contributed by atoms with van der Waals surface area (Å²) in [6.45, 7) is 4.90. The topological polar surface area (TPSA) is 47.4 Å².